The molecule has 0 aliphatic heterocycles. The van der Waals surface area contributed by atoms with E-state index < -0.39 is 0 Å². The Morgan fingerprint density at radius 2 is 2.15 bits per heavy atom. The molecule has 0 radical (unpaired) electrons. The summed E-state index contributed by atoms with van der Waals surface area (Å²) in [5.41, 5.74) is 0. The van der Waals surface area contributed by atoms with Gasteiger partial charge in [0.1, 0.15) is 0 Å². The first-order valence-electron chi connectivity index (χ1n) is 7.40. The predicted molar refractivity (Wildman–Crippen MR) is 82.9 cm³/mol. The van der Waals surface area contributed by atoms with E-state index >= 15 is 0 Å². The molecular formula is C15H23BrN2O2. The Bertz CT molecular complexity index is 427. The highest BCUT2D eigenvalue weighted by Crippen LogP contribution is 2.21. The van der Waals surface area contributed by atoms with Gasteiger partial charge in [0.2, 0.25) is 0 Å². The topological polar surface area (TPSA) is 45.5 Å². The molecule has 1 aliphatic rings. The van der Waals surface area contributed by atoms with Gasteiger partial charge in [-0.15, -0.1) is 0 Å². The maximum atomic E-state index is 11.8. The molecule has 0 aromatic carbocycles. The van der Waals surface area contributed by atoms with Crippen LogP contribution in [0.1, 0.15) is 49.1 Å². The first kappa shape index (κ1) is 15.6. The van der Waals surface area contributed by atoms with E-state index in [-0.39, 0.29) is 5.91 Å². The lowest BCUT2D eigenvalue weighted by Gasteiger charge is -2.31. The van der Waals surface area contributed by atoms with Gasteiger partial charge < -0.3 is 14.6 Å². The van der Waals surface area contributed by atoms with Gasteiger partial charge in [-0.2, -0.15) is 0 Å². The van der Waals surface area contributed by atoms with Crippen LogP contribution in [-0.4, -0.2) is 37.0 Å². The second-order valence-electron chi connectivity index (χ2n) is 5.49. The standard InChI is InChI=1S/C15H23BrN2O2/c1-18(12-6-3-2-4-7-12)11-5-10-17-15(19)13-8-9-14(16)20-13/h8-9,12H,2-7,10-11H2,1H3,(H,17,19). The molecule has 20 heavy (non-hydrogen) atoms. The zero-order valence-electron chi connectivity index (χ0n) is 12.0. The summed E-state index contributed by atoms with van der Waals surface area (Å²) in [5.74, 6) is 0.216. The molecule has 2 rings (SSSR count). The van der Waals surface area contributed by atoms with Gasteiger partial charge in [-0.3, -0.25) is 4.79 Å². The van der Waals surface area contributed by atoms with Crippen molar-refractivity contribution in [2.24, 2.45) is 0 Å². The summed E-state index contributed by atoms with van der Waals surface area (Å²) >= 11 is 3.19. The number of carbonyl (C=O) groups is 1. The number of hydrogen-bond acceptors (Lipinski definition) is 3. The van der Waals surface area contributed by atoms with Crippen LogP contribution in [0.5, 0.6) is 0 Å². The molecule has 1 N–H and O–H groups in total. The molecule has 1 aromatic rings. The van der Waals surface area contributed by atoms with E-state index in [4.69, 9.17) is 4.42 Å². The van der Waals surface area contributed by atoms with Crippen LogP contribution in [0.25, 0.3) is 0 Å². The number of nitrogens with zero attached hydrogens (tertiary/aromatic N) is 1. The van der Waals surface area contributed by atoms with Crippen molar-refractivity contribution in [1.82, 2.24) is 10.2 Å². The summed E-state index contributed by atoms with van der Waals surface area (Å²) in [6.45, 7) is 1.72. The zero-order valence-corrected chi connectivity index (χ0v) is 13.6. The van der Waals surface area contributed by atoms with Crippen molar-refractivity contribution < 1.29 is 9.21 Å². The van der Waals surface area contributed by atoms with E-state index in [1.54, 1.807) is 12.1 Å². The maximum Gasteiger partial charge on any atom is 0.287 e. The summed E-state index contributed by atoms with van der Waals surface area (Å²) in [5, 5.41) is 2.89. The Kier molecular flexibility index (Phi) is 6.10. The largest absolute Gasteiger partial charge is 0.444 e. The fourth-order valence-corrected chi connectivity index (χ4v) is 3.06. The number of nitrogens with one attached hydrogen (secondary N) is 1. The highest BCUT2D eigenvalue weighted by Gasteiger charge is 2.17. The van der Waals surface area contributed by atoms with E-state index in [0.29, 0.717) is 17.0 Å². The average Bonchev–Trinajstić information content (AvgIpc) is 2.91. The van der Waals surface area contributed by atoms with E-state index in [2.05, 4.69) is 33.2 Å². The van der Waals surface area contributed by atoms with E-state index in [9.17, 15) is 4.79 Å². The molecular weight excluding hydrogens is 320 g/mol. The van der Waals surface area contributed by atoms with E-state index in [0.717, 1.165) is 19.0 Å². The van der Waals surface area contributed by atoms with Crippen molar-refractivity contribution in [3.8, 4) is 0 Å². The van der Waals surface area contributed by atoms with Crippen LogP contribution < -0.4 is 5.32 Å². The molecule has 0 atom stereocenters. The summed E-state index contributed by atoms with van der Waals surface area (Å²) in [7, 11) is 2.20. The predicted octanol–water partition coefficient (Wildman–Crippen LogP) is 3.43. The van der Waals surface area contributed by atoms with Crippen molar-refractivity contribution in [3.05, 3.63) is 22.6 Å². The molecule has 4 nitrogen and oxygen atoms in total. The van der Waals surface area contributed by atoms with Crippen molar-refractivity contribution >= 4 is 21.8 Å². The molecule has 0 saturated heterocycles. The monoisotopic (exact) mass is 342 g/mol. The van der Waals surface area contributed by atoms with Crippen LogP contribution in [0.4, 0.5) is 0 Å². The number of furan rings is 1. The second kappa shape index (κ2) is 7.84. The molecule has 5 heteroatoms. The first-order valence-corrected chi connectivity index (χ1v) is 8.20. The summed E-state index contributed by atoms with van der Waals surface area (Å²) in [4.78, 5) is 14.2. The Morgan fingerprint density at radius 3 is 2.80 bits per heavy atom. The highest BCUT2D eigenvalue weighted by molar-refractivity contribution is 9.10. The Morgan fingerprint density at radius 1 is 1.40 bits per heavy atom. The third kappa shape index (κ3) is 4.63. The van der Waals surface area contributed by atoms with Crippen LogP contribution in [0.3, 0.4) is 0 Å². The van der Waals surface area contributed by atoms with Crippen molar-refractivity contribution in [2.75, 3.05) is 20.1 Å². The van der Waals surface area contributed by atoms with Crippen molar-refractivity contribution in [1.29, 1.82) is 0 Å². The highest BCUT2D eigenvalue weighted by atomic mass is 79.9. The Labute approximate surface area is 129 Å². The molecule has 1 heterocycles. The minimum absolute atomic E-state index is 0.143. The number of rotatable bonds is 6. The molecule has 112 valence electrons. The fraction of sp³-hybridized carbons (Fsp3) is 0.667. The first-order chi connectivity index (χ1) is 9.66. The van der Waals surface area contributed by atoms with Gasteiger partial charge in [-0.25, -0.2) is 0 Å². The third-order valence-corrected chi connectivity index (χ3v) is 4.39. The minimum Gasteiger partial charge on any atom is -0.444 e. The summed E-state index contributed by atoms with van der Waals surface area (Å²) < 4.78 is 5.80. The Hall–Kier alpha value is -0.810. The molecule has 0 bridgehead atoms. The van der Waals surface area contributed by atoms with Gasteiger partial charge in [0.15, 0.2) is 10.4 Å². The SMILES string of the molecule is CN(CCCNC(=O)c1ccc(Br)o1)C1CCCCC1. The lowest BCUT2D eigenvalue weighted by Crippen LogP contribution is -2.35. The Balaban J connectivity index is 1.62. The molecule has 1 fully saturated rings. The third-order valence-electron chi connectivity index (χ3n) is 3.97. The fourth-order valence-electron chi connectivity index (χ4n) is 2.76. The summed E-state index contributed by atoms with van der Waals surface area (Å²) in [6.07, 6.45) is 7.73. The molecule has 0 spiro atoms. The van der Waals surface area contributed by atoms with Crippen LogP contribution in [0.2, 0.25) is 0 Å². The van der Waals surface area contributed by atoms with Crippen molar-refractivity contribution in [3.63, 3.8) is 0 Å². The summed E-state index contributed by atoms with van der Waals surface area (Å²) in [6, 6.07) is 4.14. The lowest BCUT2D eigenvalue weighted by molar-refractivity contribution is 0.0921. The molecule has 1 aliphatic carbocycles. The van der Waals surface area contributed by atoms with Crippen molar-refractivity contribution in [2.45, 2.75) is 44.6 Å². The number of carbonyl (C=O) groups excluding carboxylic acids is 1. The van der Waals surface area contributed by atoms with Crippen LogP contribution in [0, 0.1) is 0 Å². The van der Waals surface area contributed by atoms with E-state index in [1.165, 1.54) is 32.1 Å². The van der Waals surface area contributed by atoms with Gasteiger partial charge in [-0.05, 0) is 60.9 Å². The maximum absolute atomic E-state index is 11.8. The van der Waals surface area contributed by atoms with Crippen LogP contribution in [-0.2, 0) is 0 Å². The van der Waals surface area contributed by atoms with Gasteiger partial charge in [0.25, 0.3) is 5.91 Å². The van der Waals surface area contributed by atoms with Crippen LogP contribution in [0.15, 0.2) is 21.2 Å². The normalized spacial score (nSPS) is 16.6. The quantitative estimate of drug-likeness (QED) is 0.805. The number of halogens is 1. The minimum atomic E-state index is -0.143. The number of amides is 1. The smallest absolute Gasteiger partial charge is 0.287 e. The van der Waals surface area contributed by atoms with Gasteiger partial charge in [-0.1, -0.05) is 19.3 Å². The van der Waals surface area contributed by atoms with Crippen LogP contribution >= 0.6 is 15.9 Å². The van der Waals surface area contributed by atoms with Gasteiger partial charge >= 0.3 is 0 Å². The molecule has 1 saturated carbocycles. The second-order valence-corrected chi connectivity index (χ2v) is 6.27. The average molecular weight is 343 g/mol. The molecule has 1 aromatic heterocycles. The van der Waals surface area contributed by atoms with E-state index in [1.807, 2.05) is 0 Å². The molecule has 0 unspecified atom stereocenters. The van der Waals surface area contributed by atoms with Gasteiger partial charge in [0, 0.05) is 12.6 Å². The molecule has 1 amide bonds. The number of hydrogen-bond donors (Lipinski definition) is 1. The zero-order chi connectivity index (χ0) is 14.4. The van der Waals surface area contributed by atoms with Gasteiger partial charge in [0.05, 0.1) is 0 Å². The lowest BCUT2D eigenvalue weighted by atomic mass is 9.94.